The number of benzene rings is 1. The molecule has 0 bridgehead atoms. The number of anilines is 1. The predicted molar refractivity (Wildman–Crippen MR) is 82.0 cm³/mol. The number of nitrogens with one attached hydrogen (secondary N) is 2. The van der Waals surface area contributed by atoms with Gasteiger partial charge in [0.15, 0.2) is 0 Å². The van der Waals surface area contributed by atoms with E-state index in [1.807, 2.05) is 6.92 Å². The number of hydrogen-bond acceptors (Lipinski definition) is 3. The molecule has 0 saturated carbocycles. The molecule has 1 atom stereocenters. The minimum absolute atomic E-state index is 0.0201. The highest BCUT2D eigenvalue weighted by atomic mass is 16.3. The van der Waals surface area contributed by atoms with Crippen LogP contribution in [0.25, 0.3) is 0 Å². The highest BCUT2D eigenvalue weighted by Crippen LogP contribution is 2.17. The first-order chi connectivity index (χ1) is 9.97. The van der Waals surface area contributed by atoms with Gasteiger partial charge in [-0.15, -0.1) is 0 Å². The molecule has 0 saturated heterocycles. The molecule has 0 spiro atoms. The van der Waals surface area contributed by atoms with E-state index >= 15 is 0 Å². The summed E-state index contributed by atoms with van der Waals surface area (Å²) >= 11 is 0. The zero-order valence-corrected chi connectivity index (χ0v) is 12.7. The van der Waals surface area contributed by atoms with Crippen molar-refractivity contribution in [2.24, 2.45) is 0 Å². The molecular weight excluding hydrogens is 270 g/mol. The van der Waals surface area contributed by atoms with Crippen LogP contribution in [0.4, 0.5) is 10.5 Å². The van der Waals surface area contributed by atoms with Gasteiger partial charge in [-0.3, -0.25) is 4.79 Å². The van der Waals surface area contributed by atoms with Crippen LogP contribution in [0.1, 0.15) is 31.9 Å². The molecule has 1 aromatic rings. The molecular formula is C15H23N3O3. The monoisotopic (exact) mass is 293 g/mol. The van der Waals surface area contributed by atoms with Gasteiger partial charge in [0.1, 0.15) is 6.54 Å². The maximum absolute atomic E-state index is 12.2. The number of carbonyl (C=O) groups is 2. The van der Waals surface area contributed by atoms with Crippen LogP contribution in [0, 0.1) is 0 Å². The van der Waals surface area contributed by atoms with E-state index in [2.05, 4.69) is 10.6 Å². The van der Waals surface area contributed by atoms with Crippen molar-refractivity contribution in [1.82, 2.24) is 10.2 Å². The Morgan fingerprint density at radius 1 is 1.38 bits per heavy atom. The van der Waals surface area contributed by atoms with Crippen LogP contribution >= 0.6 is 0 Å². The topological polar surface area (TPSA) is 81.7 Å². The van der Waals surface area contributed by atoms with E-state index in [4.69, 9.17) is 0 Å². The fourth-order valence-electron chi connectivity index (χ4n) is 1.85. The third kappa shape index (κ3) is 5.43. The summed E-state index contributed by atoms with van der Waals surface area (Å²) in [6.07, 6.45) is 0.164. The van der Waals surface area contributed by atoms with Crippen molar-refractivity contribution in [3.63, 3.8) is 0 Å². The van der Waals surface area contributed by atoms with Crippen molar-refractivity contribution in [3.05, 3.63) is 29.8 Å². The second kappa shape index (κ2) is 8.26. The summed E-state index contributed by atoms with van der Waals surface area (Å²) in [7, 11) is 1.54. The van der Waals surface area contributed by atoms with Gasteiger partial charge in [0.05, 0.1) is 6.10 Å². The van der Waals surface area contributed by atoms with Gasteiger partial charge in [-0.1, -0.05) is 19.1 Å². The first-order valence-corrected chi connectivity index (χ1v) is 7.02. The summed E-state index contributed by atoms with van der Waals surface area (Å²) in [5.41, 5.74) is 1.32. The molecule has 116 valence electrons. The Labute approximate surface area is 125 Å². The highest BCUT2D eigenvalue weighted by Gasteiger charge is 2.16. The van der Waals surface area contributed by atoms with Crippen molar-refractivity contribution < 1.29 is 14.7 Å². The molecule has 0 aliphatic heterocycles. The van der Waals surface area contributed by atoms with E-state index in [0.717, 1.165) is 12.0 Å². The summed E-state index contributed by atoms with van der Waals surface area (Å²) in [6.45, 7) is 4.12. The summed E-state index contributed by atoms with van der Waals surface area (Å²) in [5, 5.41) is 14.8. The first kappa shape index (κ1) is 17.0. The standard InChI is InChI=1S/C15H23N3O3/c1-4-8-18(10-14(20)16-3)15(21)17-13-7-5-6-12(9-13)11(2)19/h5-7,9,11,19H,4,8,10H2,1-3H3,(H,16,20)(H,17,21). The van der Waals surface area contributed by atoms with Crippen molar-refractivity contribution in [3.8, 4) is 0 Å². The molecule has 21 heavy (non-hydrogen) atoms. The maximum Gasteiger partial charge on any atom is 0.322 e. The Morgan fingerprint density at radius 2 is 2.10 bits per heavy atom. The van der Waals surface area contributed by atoms with Crippen LogP contribution in [0.3, 0.4) is 0 Å². The third-order valence-corrected chi connectivity index (χ3v) is 3.01. The lowest BCUT2D eigenvalue weighted by Crippen LogP contribution is -2.42. The van der Waals surface area contributed by atoms with Gasteiger partial charge in [0.25, 0.3) is 0 Å². The Morgan fingerprint density at radius 3 is 2.67 bits per heavy atom. The molecule has 1 unspecified atom stereocenters. The minimum atomic E-state index is -0.598. The lowest BCUT2D eigenvalue weighted by Gasteiger charge is -2.22. The van der Waals surface area contributed by atoms with Gasteiger partial charge in [-0.25, -0.2) is 4.79 Å². The van der Waals surface area contributed by atoms with Crippen LogP contribution in [0.15, 0.2) is 24.3 Å². The molecule has 0 aromatic heterocycles. The van der Waals surface area contributed by atoms with Gasteiger partial charge in [0.2, 0.25) is 5.91 Å². The quantitative estimate of drug-likeness (QED) is 0.747. The molecule has 0 aliphatic carbocycles. The van der Waals surface area contributed by atoms with Crippen LogP contribution in [-0.2, 0) is 4.79 Å². The van der Waals surface area contributed by atoms with Crippen molar-refractivity contribution >= 4 is 17.6 Å². The average molecular weight is 293 g/mol. The van der Waals surface area contributed by atoms with Crippen LogP contribution in [-0.4, -0.2) is 42.1 Å². The van der Waals surface area contributed by atoms with E-state index < -0.39 is 6.10 Å². The zero-order chi connectivity index (χ0) is 15.8. The number of aliphatic hydroxyl groups is 1. The van der Waals surface area contributed by atoms with Gasteiger partial charge < -0.3 is 20.6 Å². The lowest BCUT2D eigenvalue weighted by molar-refractivity contribution is -0.121. The summed E-state index contributed by atoms with van der Waals surface area (Å²) in [6, 6.07) is 6.68. The second-order valence-electron chi connectivity index (χ2n) is 4.83. The van der Waals surface area contributed by atoms with E-state index in [1.54, 1.807) is 31.2 Å². The second-order valence-corrected chi connectivity index (χ2v) is 4.83. The smallest absolute Gasteiger partial charge is 0.322 e. The largest absolute Gasteiger partial charge is 0.389 e. The van der Waals surface area contributed by atoms with Crippen LogP contribution in [0.5, 0.6) is 0 Å². The Bertz CT molecular complexity index is 489. The number of nitrogens with zero attached hydrogens (tertiary/aromatic N) is 1. The minimum Gasteiger partial charge on any atom is -0.389 e. The molecule has 6 nitrogen and oxygen atoms in total. The van der Waals surface area contributed by atoms with Crippen molar-refractivity contribution in [2.75, 3.05) is 25.5 Å². The van der Waals surface area contributed by atoms with Gasteiger partial charge in [-0.05, 0) is 31.0 Å². The number of hydrogen-bond donors (Lipinski definition) is 3. The van der Waals surface area contributed by atoms with E-state index in [9.17, 15) is 14.7 Å². The van der Waals surface area contributed by atoms with Crippen molar-refractivity contribution in [2.45, 2.75) is 26.4 Å². The Hall–Kier alpha value is -2.08. The molecule has 6 heteroatoms. The Kier molecular flexibility index (Phi) is 6.68. The molecule has 0 heterocycles. The molecule has 0 radical (unpaired) electrons. The normalized spacial score (nSPS) is 11.6. The van der Waals surface area contributed by atoms with Gasteiger partial charge >= 0.3 is 6.03 Å². The number of amides is 3. The van der Waals surface area contributed by atoms with E-state index in [0.29, 0.717) is 12.2 Å². The zero-order valence-electron chi connectivity index (χ0n) is 12.7. The maximum atomic E-state index is 12.2. The summed E-state index contributed by atoms with van der Waals surface area (Å²) < 4.78 is 0. The van der Waals surface area contributed by atoms with Gasteiger partial charge in [0, 0.05) is 19.3 Å². The Balaban J connectivity index is 2.76. The van der Waals surface area contributed by atoms with Crippen molar-refractivity contribution in [1.29, 1.82) is 0 Å². The highest BCUT2D eigenvalue weighted by molar-refractivity contribution is 5.92. The van der Waals surface area contributed by atoms with Crippen LogP contribution in [0.2, 0.25) is 0 Å². The fraction of sp³-hybridized carbons (Fsp3) is 0.467. The predicted octanol–water partition coefficient (Wildman–Crippen LogP) is 1.73. The molecule has 1 aromatic carbocycles. The number of urea groups is 1. The van der Waals surface area contributed by atoms with Gasteiger partial charge in [-0.2, -0.15) is 0 Å². The summed E-state index contributed by atoms with van der Waals surface area (Å²) in [4.78, 5) is 25.1. The SMILES string of the molecule is CCCN(CC(=O)NC)C(=O)Nc1cccc(C(C)O)c1. The van der Waals surface area contributed by atoms with E-state index in [1.165, 1.54) is 11.9 Å². The number of likely N-dealkylation sites (N-methyl/N-ethyl adjacent to an activating group) is 1. The first-order valence-electron chi connectivity index (χ1n) is 7.02. The molecule has 0 aliphatic rings. The average Bonchev–Trinajstić information content (AvgIpc) is 2.46. The summed E-state index contributed by atoms with van der Waals surface area (Å²) in [5.74, 6) is -0.212. The third-order valence-electron chi connectivity index (χ3n) is 3.01. The van der Waals surface area contributed by atoms with Crippen LogP contribution < -0.4 is 10.6 Å². The number of rotatable bonds is 6. The lowest BCUT2D eigenvalue weighted by atomic mass is 10.1. The molecule has 0 fully saturated rings. The number of aliphatic hydroxyl groups excluding tert-OH is 1. The fourth-order valence-corrected chi connectivity index (χ4v) is 1.85. The van der Waals surface area contributed by atoms with E-state index in [-0.39, 0.29) is 18.5 Å². The molecule has 1 rings (SSSR count). The molecule has 3 amide bonds. The number of carbonyl (C=O) groups excluding carboxylic acids is 2. The molecule has 3 N–H and O–H groups in total.